The van der Waals surface area contributed by atoms with Crippen molar-refractivity contribution in [1.82, 2.24) is 4.90 Å². The zero-order chi connectivity index (χ0) is 13.7. The van der Waals surface area contributed by atoms with Gasteiger partial charge in [-0.2, -0.15) is 0 Å². The fourth-order valence-electron chi connectivity index (χ4n) is 2.20. The zero-order valence-electron chi connectivity index (χ0n) is 10.8. The summed E-state index contributed by atoms with van der Waals surface area (Å²) >= 11 is 0. The Morgan fingerprint density at radius 2 is 2.16 bits per heavy atom. The molecule has 0 radical (unpaired) electrons. The first kappa shape index (κ1) is 13.8. The summed E-state index contributed by atoms with van der Waals surface area (Å²) in [5, 5.41) is 0. The van der Waals surface area contributed by atoms with Gasteiger partial charge in [-0.3, -0.25) is 0 Å². The monoisotopic (exact) mass is 266 g/mol. The van der Waals surface area contributed by atoms with Crippen molar-refractivity contribution in [3.05, 3.63) is 35.9 Å². The first-order valence-corrected chi connectivity index (χ1v) is 6.50. The maximum absolute atomic E-state index is 13.5. The second kappa shape index (κ2) is 6.52. The fourth-order valence-corrected chi connectivity index (χ4v) is 2.20. The van der Waals surface area contributed by atoms with E-state index < -0.39 is 12.3 Å². The van der Waals surface area contributed by atoms with Crippen molar-refractivity contribution in [2.45, 2.75) is 19.2 Å². The predicted octanol–water partition coefficient (Wildman–Crippen LogP) is 1.94. The van der Waals surface area contributed by atoms with E-state index in [-0.39, 0.29) is 19.1 Å². The molecule has 0 aliphatic carbocycles. The van der Waals surface area contributed by atoms with Crippen LogP contribution in [0, 0.1) is 5.92 Å². The van der Waals surface area contributed by atoms with Crippen LogP contribution in [0.25, 0.3) is 0 Å². The van der Waals surface area contributed by atoms with Gasteiger partial charge < -0.3 is 15.4 Å². The minimum Gasteiger partial charge on any atom is -0.445 e. The van der Waals surface area contributed by atoms with E-state index in [4.69, 9.17) is 10.5 Å². The van der Waals surface area contributed by atoms with Crippen LogP contribution >= 0.6 is 0 Å². The Morgan fingerprint density at radius 3 is 2.84 bits per heavy atom. The molecule has 2 atom stereocenters. The van der Waals surface area contributed by atoms with Gasteiger partial charge in [0, 0.05) is 19.0 Å². The van der Waals surface area contributed by atoms with Gasteiger partial charge in [0.15, 0.2) is 0 Å². The Labute approximate surface area is 112 Å². The average molecular weight is 266 g/mol. The second-order valence-corrected chi connectivity index (χ2v) is 4.79. The molecule has 1 saturated heterocycles. The normalized spacial score (nSPS) is 23.2. The lowest BCUT2D eigenvalue weighted by Gasteiger charge is -2.33. The lowest BCUT2D eigenvalue weighted by atomic mass is 9.96. The second-order valence-electron chi connectivity index (χ2n) is 4.79. The van der Waals surface area contributed by atoms with Crippen molar-refractivity contribution >= 4 is 6.09 Å². The van der Waals surface area contributed by atoms with Crippen molar-refractivity contribution < 1.29 is 13.9 Å². The molecule has 0 saturated carbocycles. The van der Waals surface area contributed by atoms with E-state index in [0.717, 1.165) is 5.56 Å². The number of piperidine rings is 1. The molecule has 2 rings (SSSR count). The molecule has 2 unspecified atom stereocenters. The number of nitrogens with two attached hydrogens (primary N) is 1. The molecular weight excluding hydrogens is 247 g/mol. The highest BCUT2D eigenvalue weighted by Crippen LogP contribution is 2.20. The van der Waals surface area contributed by atoms with Crippen molar-refractivity contribution in [2.75, 3.05) is 19.6 Å². The Hall–Kier alpha value is -1.62. The molecule has 1 aliphatic rings. The SMILES string of the molecule is NCC1CN(C(=O)OCc2ccccc2)CCC1F. The highest BCUT2D eigenvalue weighted by molar-refractivity contribution is 5.67. The molecule has 1 aliphatic heterocycles. The minimum atomic E-state index is -0.914. The zero-order valence-corrected chi connectivity index (χ0v) is 10.8. The molecule has 0 spiro atoms. The maximum Gasteiger partial charge on any atom is 0.410 e. The number of benzene rings is 1. The molecule has 104 valence electrons. The molecule has 1 fully saturated rings. The number of alkyl halides is 1. The lowest BCUT2D eigenvalue weighted by molar-refractivity contribution is 0.0560. The molecule has 1 heterocycles. The average Bonchev–Trinajstić information content (AvgIpc) is 2.46. The van der Waals surface area contributed by atoms with E-state index in [1.807, 2.05) is 30.3 Å². The number of hydrogen-bond donors (Lipinski definition) is 1. The van der Waals surface area contributed by atoms with E-state index in [0.29, 0.717) is 19.5 Å². The van der Waals surface area contributed by atoms with Crippen molar-refractivity contribution in [2.24, 2.45) is 11.7 Å². The van der Waals surface area contributed by atoms with E-state index >= 15 is 0 Å². The Bertz CT molecular complexity index is 413. The molecule has 1 aromatic rings. The van der Waals surface area contributed by atoms with Crippen LogP contribution in [-0.2, 0) is 11.3 Å². The van der Waals surface area contributed by atoms with Crippen LogP contribution in [0.2, 0.25) is 0 Å². The third kappa shape index (κ3) is 3.67. The van der Waals surface area contributed by atoms with E-state index in [1.165, 1.54) is 4.90 Å². The van der Waals surface area contributed by atoms with Gasteiger partial charge in [0.05, 0.1) is 0 Å². The van der Waals surface area contributed by atoms with Gasteiger partial charge in [-0.05, 0) is 18.5 Å². The summed E-state index contributed by atoms with van der Waals surface area (Å²) in [6.45, 7) is 1.22. The fraction of sp³-hybridized carbons (Fsp3) is 0.500. The van der Waals surface area contributed by atoms with Gasteiger partial charge in [0.2, 0.25) is 0 Å². The van der Waals surface area contributed by atoms with E-state index in [9.17, 15) is 9.18 Å². The van der Waals surface area contributed by atoms with Gasteiger partial charge in [-0.15, -0.1) is 0 Å². The molecular formula is C14H19FN2O2. The number of amides is 1. The van der Waals surface area contributed by atoms with Crippen LogP contribution in [0.5, 0.6) is 0 Å². The van der Waals surface area contributed by atoms with Crippen LogP contribution in [0.4, 0.5) is 9.18 Å². The Morgan fingerprint density at radius 1 is 1.42 bits per heavy atom. The number of ether oxygens (including phenoxy) is 1. The number of likely N-dealkylation sites (tertiary alicyclic amines) is 1. The van der Waals surface area contributed by atoms with Gasteiger partial charge in [0.1, 0.15) is 12.8 Å². The molecule has 19 heavy (non-hydrogen) atoms. The summed E-state index contributed by atoms with van der Waals surface area (Å²) in [7, 11) is 0. The minimum absolute atomic E-state index is 0.239. The predicted molar refractivity (Wildman–Crippen MR) is 70.3 cm³/mol. The van der Waals surface area contributed by atoms with Crippen molar-refractivity contribution in [3.8, 4) is 0 Å². The van der Waals surface area contributed by atoms with Crippen molar-refractivity contribution in [3.63, 3.8) is 0 Å². The van der Waals surface area contributed by atoms with Gasteiger partial charge in [-0.25, -0.2) is 9.18 Å². The summed E-state index contributed by atoms with van der Waals surface area (Å²) < 4.78 is 18.7. The third-order valence-electron chi connectivity index (χ3n) is 3.41. The molecule has 2 N–H and O–H groups in total. The molecule has 1 aromatic carbocycles. The smallest absolute Gasteiger partial charge is 0.410 e. The van der Waals surface area contributed by atoms with Crippen LogP contribution in [0.15, 0.2) is 30.3 Å². The first-order chi connectivity index (χ1) is 9.20. The van der Waals surface area contributed by atoms with Crippen LogP contribution in [-0.4, -0.2) is 36.8 Å². The van der Waals surface area contributed by atoms with E-state index in [2.05, 4.69) is 0 Å². The standard InChI is InChI=1S/C14H19FN2O2/c15-13-6-7-17(9-12(13)8-16)14(18)19-10-11-4-2-1-3-5-11/h1-5,12-13H,6-10,16H2. The quantitative estimate of drug-likeness (QED) is 0.909. The largest absolute Gasteiger partial charge is 0.445 e. The highest BCUT2D eigenvalue weighted by Gasteiger charge is 2.31. The third-order valence-corrected chi connectivity index (χ3v) is 3.41. The number of halogens is 1. The summed E-state index contributed by atoms with van der Waals surface area (Å²) in [5.41, 5.74) is 6.44. The van der Waals surface area contributed by atoms with Crippen LogP contribution in [0.3, 0.4) is 0 Å². The maximum atomic E-state index is 13.5. The molecule has 5 heteroatoms. The van der Waals surface area contributed by atoms with E-state index in [1.54, 1.807) is 0 Å². The lowest BCUT2D eigenvalue weighted by Crippen LogP contribution is -2.47. The number of carbonyl (C=O) groups excluding carboxylic acids is 1. The van der Waals surface area contributed by atoms with Crippen molar-refractivity contribution in [1.29, 1.82) is 0 Å². The van der Waals surface area contributed by atoms with Gasteiger partial charge in [-0.1, -0.05) is 30.3 Å². The van der Waals surface area contributed by atoms with Crippen LogP contribution < -0.4 is 5.73 Å². The number of rotatable bonds is 3. The molecule has 4 nitrogen and oxygen atoms in total. The summed E-state index contributed by atoms with van der Waals surface area (Å²) in [6, 6.07) is 9.47. The topological polar surface area (TPSA) is 55.6 Å². The summed E-state index contributed by atoms with van der Waals surface area (Å²) in [5.74, 6) is -0.280. The summed E-state index contributed by atoms with van der Waals surface area (Å²) in [6.07, 6.45) is -0.972. The molecule has 0 aromatic heterocycles. The first-order valence-electron chi connectivity index (χ1n) is 6.50. The summed E-state index contributed by atoms with van der Waals surface area (Å²) in [4.78, 5) is 13.4. The number of carbonyl (C=O) groups is 1. The van der Waals surface area contributed by atoms with Gasteiger partial charge >= 0.3 is 6.09 Å². The highest BCUT2D eigenvalue weighted by atomic mass is 19.1. The molecule has 1 amide bonds. The number of nitrogens with zero attached hydrogens (tertiary/aromatic N) is 1. The Kier molecular flexibility index (Phi) is 4.74. The van der Waals surface area contributed by atoms with Crippen LogP contribution in [0.1, 0.15) is 12.0 Å². The Balaban J connectivity index is 1.83. The number of hydrogen-bond acceptors (Lipinski definition) is 3. The van der Waals surface area contributed by atoms with Gasteiger partial charge in [0.25, 0.3) is 0 Å². The molecule has 0 bridgehead atoms.